The molecule has 0 atom stereocenters. The van der Waals surface area contributed by atoms with Crippen LogP contribution in [0.15, 0.2) is 83.5 Å². The average molecular weight is 469 g/mol. The molecule has 1 aliphatic rings. The normalized spacial score (nSPS) is 14.6. The van der Waals surface area contributed by atoms with E-state index in [1.807, 2.05) is 60.7 Å². The Labute approximate surface area is 202 Å². The van der Waals surface area contributed by atoms with E-state index in [0.717, 1.165) is 11.3 Å². The van der Waals surface area contributed by atoms with Gasteiger partial charge in [-0.05, 0) is 47.5 Å². The van der Waals surface area contributed by atoms with Gasteiger partial charge in [0.1, 0.15) is 11.5 Å². The lowest BCUT2D eigenvalue weighted by Gasteiger charge is -2.31. The Morgan fingerprint density at radius 3 is 2.34 bits per heavy atom. The van der Waals surface area contributed by atoms with E-state index in [-0.39, 0.29) is 23.4 Å². The van der Waals surface area contributed by atoms with Crippen LogP contribution >= 0.6 is 0 Å². The van der Waals surface area contributed by atoms with Crippen LogP contribution in [0.1, 0.15) is 18.6 Å². The molecule has 176 valence electrons. The van der Waals surface area contributed by atoms with Gasteiger partial charge in [0.2, 0.25) is 5.91 Å². The zero-order valence-corrected chi connectivity index (χ0v) is 18.9. The lowest BCUT2D eigenvalue weighted by atomic mass is 9.95. The fourth-order valence-corrected chi connectivity index (χ4v) is 4.11. The van der Waals surface area contributed by atoms with Crippen molar-refractivity contribution in [2.24, 2.45) is 5.92 Å². The minimum Gasteiger partial charge on any atom is -0.465 e. The molecule has 0 saturated carbocycles. The number of likely N-dealkylation sites (tertiary alicyclic amines) is 1. The van der Waals surface area contributed by atoms with Gasteiger partial charge in [0.15, 0.2) is 5.82 Å². The molecule has 0 unspecified atom stereocenters. The van der Waals surface area contributed by atoms with E-state index in [1.54, 1.807) is 29.4 Å². The van der Waals surface area contributed by atoms with E-state index >= 15 is 0 Å². The molecule has 9 heteroatoms. The summed E-state index contributed by atoms with van der Waals surface area (Å²) in [6, 6.07) is 22.3. The van der Waals surface area contributed by atoms with Gasteiger partial charge in [-0.25, -0.2) is 0 Å². The first-order valence-corrected chi connectivity index (χ1v) is 11.4. The first-order valence-electron chi connectivity index (χ1n) is 11.4. The summed E-state index contributed by atoms with van der Waals surface area (Å²) in [5.41, 5.74) is 1.83. The zero-order valence-electron chi connectivity index (χ0n) is 18.9. The Balaban J connectivity index is 1.35. The molecule has 0 aliphatic carbocycles. The predicted octanol–water partition coefficient (Wildman–Crippen LogP) is 3.81. The second-order valence-electron chi connectivity index (χ2n) is 8.25. The highest BCUT2D eigenvalue weighted by molar-refractivity contribution is 6.18. The number of carbonyl (C=O) groups is 2. The van der Waals surface area contributed by atoms with Crippen molar-refractivity contribution in [1.29, 1.82) is 0 Å². The number of hydrogen-bond acceptors (Lipinski definition) is 6. The van der Waals surface area contributed by atoms with Crippen molar-refractivity contribution < 1.29 is 14.0 Å². The Hall–Kier alpha value is -4.53. The van der Waals surface area contributed by atoms with E-state index in [4.69, 9.17) is 4.42 Å². The van der Waals surface area contributed by atoms with Crippen molar-refractivity contribution in [1.82, 2.24) is 25.1 Å². The smallest absolute Gasteiger partial charge is 0.272 e. The third kappa shape index (κ3) is 5.03. The number of furan rings is 1. The van der Waals surface area contributed by atoms with Gasteiger partial charge in [-0.1, -0.05) is 48.5 Å². The number of hydrogen-bond donors (Lipinski definition) is 1. The summed E-state index contributed by atoms with van der Waals surface area (Å²) in [6.45, 7) is 0.897. The molecule has 0 spiro atoms. The lowest BCUT2D eigenvalue weighted by molar-refractivity contribution is -0.129. The molecular formula is C26H24N6O3. The minimum atomic E-state index is -0.229. The number of tetrazole rings is 1. The van der Waals surface area contributed by atoms with Gasteiger partial charge in [-0.2, -0.15) is 4.68 Å². The Bertz CT molecular complexity index is 1310. The summed E-state index contributed by atoms with van der Waals surface area (Å²) < 4.78 is 6.91. The van der Waals surface area contributed by atoms with Crippen LogP contribution < -0.4 is 5.32 Å². The first kappa shape index (κ1) is 22.3. The Kier molecular flexibility index (Phi) is 6.47. The number of amides is 2. The van der Waals surface area contributed by atoms with Crippen molar-refractivity contribution in [3.05, 3.63) is 84.8 Å². The van der Waals surface area contributed by atoms with Crippen molar-refractivity contribution in [2.45, 2.75) is 12.8 Å². The molecule has 0 bridgehead atoms. The summed E-state index contributed by atoms with van der Waals surface area (Å²) >= 11 is 0. The number of benzene rings is 2. The fraction of sp³-hybridized carbons (Fsp3) is 0.192. The second-order valence-corrected chi connectivity index (χ2v) is 8.25. The van der Waals surface area contributed by atoms with Crippen molar-refractivity contribution in [2.75, 3.05) is 18.4 Å². The number of anilines is 1. The van der Waals surface area contributed by atoms with Gasteiger partial charge in [0.05, 0.1) is 6.26 Å². The lowest BCUT2D eigenvalue weighted by Crippen LogP contribution is -2.42. The largest absolute Gasteiger partial charge is 0.465 e. The molecule has 1 aliphatic heterocycles. The maximum absolute atomic E-state index is 13.7. The van der Waals surface area contributed by atoms with E-state index in [2.05, 4.69) is 20.8 Å². The predicted molar refractivity (Wildman–Crippen MR) is 131 cm³/mol. The summed E-state index contributed by atoms with van der Waals surface area (Å²) in [7, 11) is 0. The standard InChI is InChI=1S/C26H24N6O3/c33-25(27-21-10-5-2-6-11-21)20-13-15-31(16-14-20)26(34)23(18-22-12-7-17-35-22)32-24(28-29-30-32)19-8-3-1-4-9-19/h1-12,17-18,20H,13-16H2,(H,27,33)/b23-18+. The number of carbonyl (C=O) groups excluding carboxylic acids is 2. The molecule has 2 amide bonds. The number of aromatic nitrogens is 4. The quantitative estimate of drug-likeness (QED) is 0.432. The summed E-state index contributed by atoms with van der Waals surface area (Å²) in [5, 5.41) is 15.0. The average Bonchev–Trinajstić information content (AvgIpc) is 3.60. The summed E-state index contributed by atoms with van der Waals surface area (Å²) in [6.07, 6.45) is 4.32. The van der Waals surface area contributed by atoms with Crippen molar-refractivity contribution >= 4 is 29.3 Å². The van der Waals surface area contributed by atoms with Crippen molar-refractivity contribution in [3.8, 4) is 11.4 Å². The van der Waals surface area contributed by atoms with Gasteiger partial charge in [-0.3, -0.25) is 9.59 Å². The Morgan fingerprint density at radius 1 is 0.943 bits per heavy atom. The summed E-state index contributed by atoms with van der Waals surface area (Å²) in [5.74, 6) is 0.549. The first-order chi connectivity index (χ1) is 17.2. The van der Waals surface area contributed by atoms with E-state index in [0.29, 0.717) is 37.5 Å². The van der Waals surface area contributed by atoms with Gasteiger partial charge in [0, 0.05) is 36.3 Å². The maximum Gasteiger partial charge on any atom is 0.272 e. The van der Waals surface area contributed by atoms with Gasteiger partial charge in [0.25, 0.3) is 5.91 Å². The molecule has 0 radical (unpaired) electrons. The molecule has 1 N–H and O–H groups in total. The monoisotopic (exact) mass is 468 g/mol. The highest BCUT2D eigenvalue weighted by Gasteiger charge is 2.30. The van der Waals surface area contributed by atoms with Crippen LogP contribution in [-0.4, -0.2) is 50.0 Å². The molecule has 4 aromatic rings. The van der Waals surface area contributed by atoms with Crippen LogP contribution in [-0.2, 0) is 9.59 Å². The number of nitrogens with zero attached hydrogens (tertiary/aromatic N) is 5. The molecule has 35 heavy (non-hydrogen) atoms. The molecular weight excluding hydrogens is 444 g/mol. The number of piperidine rings is 1. The molecule has 2 aromatic carbocycles. The zero-order chi connectivity index (χ0) is 24.0. The second kappa shape index (κ2) is 10.2. The number of rotatable bonds is 6. The van der Waals surface area contributed by atoms with Crippen LogP contribution in [0.2, 0.25) is 0 Å². The molecule has 1 saturated heterocycles. The highest BCUT2D eigenvalue weighted by Crippen LogP contribution is 2.25. The maximum atomic E-state index is 13.7. The number of nitrogens with one attached hydrogen (secondary N) is 1. The van der Waals surface area contributed by atoms with E-state index in [9.17, 15) is 9.59 Å². The van der Waals surface area contributed by atoms with E-state index < -0.39 is 0 Å². The van der Waals surface area contributed by atoms with Crippen LogP contribution in [0.25, 0.3) is 23.2 Å². The molecule has 5 rings (SSSR count). The number of para-hydroxylation sites is 1. The third-order valence-corrected chi connectivity index (χ3v) is 5.97. The third-order valence-electron chi connectivity index (χ3n) is 5.97. The van der Waals surface area contributed by atoms with Crippen molar-refractivity contribution in [3.63, 3.8) is 0 Å². The van der Waals surface area contributed by atoms with Crippen LogP contribution in [0, 0.1) is 5.92 Å². The fourth-order valence-electron chi connectivity index (χ4n) is 4.11. The molecule has 1 fully saturated rings. The van der Waals surface area contributed by atoms with Crippen LogP contribution in [0.4, 0.5) is 5.69 Å². The van der Waals surface area contributed by atoms with E-state index in [1.165, 1.54) is 4.68 Å². The highest BCUT2D eigenvalue weighted by atomic mass is 16.3. The SMILES string of the molecule is O=C(Nc1ccccc1)C1CCN(C(=O)/C(=C\c2ccco2)n2nnnc2-c2ccccc2)CC1. The summed E-state index contributed by atoms with van der Waals surface area (Å²) in [4.78, 5) is 28.1. The minimum absolute atomic E-state index is 0.0264. The van der Waals surface area contributed by atoms with Gasteiger partial charge in [-0.15, -0.1) is 5.10 Å². The van der Waals surface area contributed by atoms with Crippen LogP contribution in [0.5, 0.6) is 0 Å². The van der Waals surface area contributed by atoms with Crippen LogP contribution in [0.3, 0.4) is 0 Å². The molecule has 9 nitrogen and oxygen atoms in total. The topological polar surface area (TPSA) is 106 Å². The molecule has 2 aromatic heterocycles. The molecule has 3 heterocycles. The Morgan fingerprint density at radius 2 is 1.66 bits per heavy atom. The van der Waals surface area contributed by atoms with Gasteiger partial charge >= 0.3 is 0 Å². The van der Waals surface area contributed by atoms with Gasteiger partial charge < -0.3 is 14.6 Å².